The van der Waals surface area contributed by atoms with Gasteiger partial charge in [0.1, 0.15) is 11.4 Å². The second kappa shape index (κ2) is 11.6. The molecule has 3 aromatic rings. The first-order valence-electron chi connectivity index (χ1n) is 11.9. The van der Waals surface area contributed by atoms with Gasteiger partial charge in [0, 0.05) is 24.8 Å². The van der Waals surface area contributed by atoms with Crippen molar-refractivity contribution in [1.82, 2.24) is 9.97 Å². The smallest absolute Gasteiger partial charge is 0.416 e. The largest absolute Gasteiger partial charge is 0.443 e. The number of ether oxygens (including phenoxy) is 1. The van der Waals surface area contributed by atoms with E-state index in [1.165, 1.54) is 5.56 Å². The third kappa shape index (κ3) is 8.18. The van der Waals surface area contributed by atoms with Gasteiger partial charge in [-0.15, -0.1) is 0 Å². The average Bonchev–Trinajstić information content (AvgIpc) is 2.80. The molecule has 1 heterocycles. The van der Waals surface area contributed by atoms with Gasteiger partial charge in [0.25, 0.3) is 0 Å². The van der Waals surface area contributed by atoms with Gasteiger partial charge in [-0.25, -0.2) is 9.78 Å². The zero-order chi connectivity index (χ0) is 24.6. The average molecular weight is 461 g/mol. The molecule has 0 saturated heterocycles. The molecule has 0 aliphatic heterocycles. The van der Waals surface area contributed by atoms with E-state index in [2.05, 4.69) is 43.4 Å². The molecule has 0 saturated carbocycles. The number of rotatable bonds is 9. The summed E-state index contributed by atoms with van der Waals surface area (Å²) in [6, 6.07) is 22.3. The molecule has 180 valence electrons. The number of carbonyl (C=O) groups is 1. The maximum atomic E-state index is 13.1. The molecule has 0 unspecified atom stereocenters. The van der Waals surface area contributed by atoms with Gasteiger partial charge in [0.2, 0.25) is 5.95 Å². The Morgan fingerprint density at radius 1 is 0.941 bits per heavy atom. The Morgan fingerprint density at radius 2 is 1.56 bits per heavy atom. The molecule has 34 heavy (non-hydrogen) atoms. The van der Waals surface area contributed by atoms with Crippen molar-refractivity contribution in [2.24, 2.45) is 5.92 Å². The summed E-state index contributed by atoms with van der Waals surface area (Å²) in [7, 11) is 0. The third-order valence-electron chi connectivity index (χ3n) is 5.01. The SMILES string of the molecule is CC(C)CN(C(=O)OC(C)(C)C)c1cc(CCc2ccccc2)nc(NCc2ccccc2)n1. The van der Waals surface area contributed by atoms with Crippen LogP contribution in [-0.2, 0) is 24.1 Å². The summed E-state index contributed by atoms with van der Waals surface area (Å²) in [5.74, 6) is 1.30. The predicted molar refractivity (Wildman–Crippen MR) is 138 cm³/mol. The van der Waals surface area contributed by atoms with E-state index in [-0.39, 0.29) is 5.92 Å². The molecular formula is C28H36N4O2. The molecule has 6 heteroatoms. The van der Waals surface area contributed by atoms with E-state index >= 15 is 0 Å². The van der Waals surface area contributed by atoms with E-state index in [9.17, 15) is 4.79 Å². The number of hydrogen-bond donors (Lipinski definition) is 1. The van der Waals surface area contributed by atoms with Gasteiger partial charge in [-0.3, -0.25) is 4.90 Å². The Bertz CT molecular complexity index is 985. The van der Waals surface area contributed by atoms with Gasteiger partial charge in [0.15, 0.2) is 0 Å². The maximum Gasteiger partial charge on any atom is 0.416 e. The molecule has 6 nitrogen and oxygen atoms in total. The Kier molecular flexibility index (Phi) is 8.63. The van der Waals surface area contributed by atoms with Crippen molar-refractivity contribution in [3.63, 3.8) is 0 Å². The highest BCUT2D eigenvalue weighted by atomic mass is 16.6. The van der Waals surface area contributed by atoms with E-state index < -0.39 is 11.7 Å². The number of aromatic nitrogens is 2. The summed E-state index contributed by atoms with van der Waals surface area (Å²) in [4.78, 5) is 24.2. The fourth-order valence-corrected chi connectivity index (χ4v) is 3.47. The van der Waals surface area contributed by atoms with Crippen molar-refractivity contribution in [3.05, 3.63) is 83.6 Å². The monoisotopic (exact) mass is 460 g/mol. The summed E-state index contributed by atoms with van der Waals surface area (Å²) in [6.45, 7) is 10.9. The van der Waals surface area contributed by atoms with Crippen molar-refractivity contribution >= 4 is 17.9 Å². The van der Waals surface area contributed by atoms with Crippen LogP contribution in [0.3, 0.4) is 0 Å². The number of aryl methyl sites for hydroxylation is 2. The molecule has 1 amide bonds. The lowest BCUT2D eigenvalue weighted by atomic mass is 10.1. The zero-order valence-electron chi connectivity index (χ0n) is 20.9. The number of carbonyl (C=O) groups excluding carboxylic acids is 1. The number of hydrogen-bond acceptors (Lipinski definition) is 5. The lowest BCUT2D eigenvalue weighted by molar-refractivity contribution is 0.0575. The molecule has 2 aromatic carbocycles. The van der Waals surface area contributed by atoms with Gasteiger partial charge in [-0.2, -0.15) is 4.98 Å². The number of amides is 1. The van der Waals surface area contributed by atoms with E-state index in [0.717, 1.165) is 24.1 Å². The summed E-state index contributed by atoms with van der Waals surface area (Å²) in [6.07, 6.45) is 1.19. The van der Waals surface area contributed by atoms with Gasteiger partial charge in [-0.1, -0.05) is 74.5 Å². The van der Waals surface area contributed by atoms with Crippen LogP contribution in [0.1, 0.15) is 51.4 Å². The molecule has 0 aliphatic carbocycles. The Hall–Kier alpha value is -3.41. The van der Waals surface area contributed by atoms with Crippen molar-refractivity contribution in [2.45, 2.75) is 59.6 Å². The first-order valence-corrected chi connectivity index (χ1v) is 11.9. The predicted octanol–water partition coefficient (Wildman–Crippen LogP) is 6.27. The molecule has 1 aromatic heterocycles. The van der Waals surface area contributed by atoms with E-state index in [1.807, 2.05) is 63.2 Å². The first kappa shape index (κ1) is 25.2. The lowest BCUT2D eigenvalue weighted by Gasteiger charge is -2.28. The Balaban J connectivity index is 1.90. The number of nitrogens with zero attached hydrogens (tertiary/aromatic N) is 3. The minimum Gasteiger partial charge on any atom is -0.443 e. The highest BCUT2D eigenvalue weighted by molar-refractivity contribution is 5.87. The van der Waals surface area contributed by atoms with Crippen LogP contribution in [0.5, 0.6) is 0 Å². The fraction of sp³-hybridized carbons (Fsp3) is 0.393. The molecule has 0 spiro atoms. The van der Waals surface area contributed by atoms with Gasteiger partial charge >= 0.3 is 6.09 Å². The van der Waals surface area contributed by atoms with Crippen LogP contribution in [0.25, 0.3) is 0 Å². The second-order valence-corrected chi connectivity index (χ2v) is 9.85. The fourth-order valence-electron chi connectivity index (χ4n) is 3.47. The van der Waals surface area contributed by atoms with Crippen molar-refractivity contribution in [1.29, 1.82) is 0 Å². The normalized spacial score (nSPS) is 11.4. The summed E-state index contributed by atoms with van der Waals surface area (Å²) in [5.41, 5.74) is 2.66. The van der Waals surface area contributed by atoms with Gasteiger partial charge in [-0.05, 0) is 50.7 Å². The van der Waals surface area contributed by atoms with Crippen LogP contribution in [0.2, 0.25) is 0 Å². The highest BCUT2D eigenvalue weighted by Crippen LogP contribution is 2.21. The maximum absolute atomic E-state index is 13.1. The summed E-state index contributed by atoms with van der Waals surface area (Å²) in [5, 5.41) is 3.33. The third-order valence-corrected chi connectivity index (χ3v) is 5.01. The minimum atomic E-state index is -0.593. The van der Waals surface area contributed by atoms with Crippen LogP contribution in [-0.4, -0.2) is 28.2 Å². The number of anilines is 2. The Labute approximate surface area is 203 Å². The number of nitrogens with one attached hydrogen (secondary N) is 1. The van der Waals surface area contributed by atoms with Crippen LogP contribution >= 0.6 is 0 Å². The Morgan fingerprint density at radius 3 is 2.15 bits per heavy atom. The summed E-state index contributed by atoms with van der Waals surface area (Å²) < 4.78 is 5.70. The molecule has 3 rings (SSSR count). The first-order chi connectivity index (χ1) is 16.2. The number of benzene rings is 2. The minimum absolute atomic E-state index is 0.246. The van der Waals surface area contributed by atoms with Crippen LogP contribution in [0.15, 0.2) is 66.7 Å². The van der Waals surface area contributed by atoms with Crippen LogP contribution < -0.4 is 10.2 Å². The molecule has 0 fully saturated rings. The standard InChI is InChI=1S/C28H36N4O2/c1-21(2)20-32(27(33)34-28(3,4)5)25-18-24(17-16-22-12-8-6-9-13-22)30-26(31-25)29-19-23-14-10-7-11-15-23/h6-15,18,21H,16-17,19-20H2,1-5H3,(H,29,30,31). The molecule has 0 bridgehead atoms. The highest BCUT2D eigenvalue weighted by Gasteiger charge is 2.26. The van der Waals surface area contributed by atoms with Gasteiger partial charge < -0.3 is 10.1 Å². The molecule has 0 atom stereocenters. The van der Waals surface area contributed by atoms with Gasteiger partial charge in [0.05, 0.1) is 0 Å². The van der Waals surface area contributed by atoms with E-state index in [1.54, 1.807) is 4.90 Å². The van der Waals surface area contributed by atoms with Crippen molar-refractivity contribution in [2.75, 3.05) is 16.8 Å². The molecule has 1 N–H and O–H groups in total. The quantitative estimate of drug-likeness (QED) is 0.407. The summed E-state index contributed by atoms with van der Waals surface area (Å²) >= 11 is 0. The molecule has 0 aliphatic rings. The second-order valence-electron chi connectivity index (χ2n) is 9.85. The van der Waals surface area contributed by atoms with E-state index in [0.29, 0.717) is 24.9 Å². The molecular weight excluding hydrogens is 424 g/mol. The lowest BCUT2D eigenvalue weighted by Crippen LogP contribution is -2.39. The van der Waals surface area contributed by atoms with E-state index in [4.69, 9.17) is 14.7 Å². The van der Waals surface area contributed by atoms with Crippen molar-refractivity contribution in [3.8, 4) is 0 Å². The topological polar surface area (TPSA) is 67.4 Å². The molecule has 0 radical (unpaired) electrons. The van der Waals surface area contributed by atoms with Crippen molar-refractivity contribution < 1.29 is 9.53 Å². The zero-order valence-corrected chi connectivity index (χ0v) is 20.9. The van der Waals surface area contributed by atoms with Crippen LogP contribution in [0, 0.1) is 5.92 Å². The van der Waals surface area contributed by atoms with Crippen LogP contribution in [0.4, 0.5) is 16.6 Å².